The Bertz CT molecular complexity index is 308. The minimum atomic E-state index is 0.00269. The van der Waals surface area contributed by atoms with Crippen molar-refractivity contribution in [1.29, 1.82) is 0 Å². The largest absolute Gasteiger partial charge is 0.375 e. The Labute approximate surface area is 138 Å². The lowest BCUT2D eigenvalue weighted by molar-refractivity contribution is -0.0181. The van der Waals surface area contributed by atoms with Gasteiger partial charge >= 0.3 is 0 Å². The maximum absolute atomic E-state index is 5.86. The van der Waals surface area contributed by atoms with Gasteiger partial charge < -0.3 is 14.5 Å². The minimum Gasteiger partial charge on any atom is -0.375 e. The monoisotopic (exact) mass is 310 g/mol. The van der Waals surface area contributed by atoms with Gasteiger partial charge in [0.15, 0.2) is 0 Å². The lowest BCUT2D eigenvalue weighted by Crippen LogP contribution is -2.43. The van der Waals surface area contributed by atoms with Gasteiger partial charge in [0.2, 0.25) is 0 Å². The van der Waals surface area contributed by atoms with Gasteiger partial charge in [-0.25, -0.2) is 0 Å². The molecule has 0 aromatic heterocycles. The average Bonchev–Trinajstić information content (AvgIpc) is 2.47. The van der Waals surface area contributed by atoms with Crippen LogP contribution in [0.15, 0.2) is 0 Å². The van der Waals surface area contributed by atoms with E-state index in [1.165, 1.54) is 51.9 Å². The van der Waals surface area contributed by atoms with Crippen LogP contribution < -0.4 is 0 Å². The van der Waals surface area contributed by atoms with Gasteiger partial charge in [-0.05, 0) is 98.3 Å². The zero-order valence-electron chi connectivity index (χ0n) is 15.6. The Morgan fingerprint density at radius 1 is 0.909 bits per heavy atom. The van der Waals surface area contributed by atoms with Crippen molar-refractivity contribution >= 4 is 0 Å². The summed E-state index contributed by atoms with van der Waals surface area (Å²) >= 11 is 0. The molecule has 3 nitrogen and oxygen atoms in total. The predicted molar refractivity (Wildman–Crippen MR) is 94.3 cm³/mol. The Kier molecular flexibility index (Phi) is 6.73. The van der Waals surface area contributed by atoms with Gasteiger partial charge in [0.05, 0.1) is 12.2 Å². The number of likely N-dealkylation sites (tertiary alicyclic amines) is 2. The highest BCUT2D eigenvalue weighted by atomic mass is 16.5. The number of hydrogen-bond donors (Lipinski definition) is 0. The van der Waals surface area contributed by atoms with Crippen molar-refractivity contribution in [3.8, 4) is 0 Å². The zero-order chi connectivity index (χ0) is 16.2. The number of ether oxygens (including phenoxy) is 1. The molecule has 0 amide bonds. The van der Waals surface area contributed by atoms with Gasteiger partial charge in [0.1, 0.15) is 0 Å². The van der Waals surface area contributed by atoms with E-state index in [9.17, 15) is 0 Å². The van der Waals surface area contributed by atoms with E-state index >= 15 is 0 Å². The highest BCUT2D eigenvalue weighted by molar-refractivity contribution is 4.83. The molecule has 0 unspecified atom stereocenters. The van der Waals surface area contributed by atoms with Crippen LogP contribution in [0.5, 0.6) is 0 Å². The molecule has 2 aliphatic rings. The fourth-order valence-corrected chi connectivity index (χ4v) is 4.04. The van der Waals surface area contributed by atoms with Gasteiger partial charge in [-0.15, -0.1) is 0 Å². The second-order valence-corrected chi connectivity index (χ2v) is 8.61. The summed E-state index contributed by atoms with van der Waals surface area (Å²) in [6, 6.07) is 0.727. The number of hydrogen-bond acceptors (Lipinski definition) is 3. The number of rotatable bonds is 5. The van der Waals surface area contributed by atoms with Crippen molar-refractivity contribution in [3.05, 3.63) is 0 Å². The molecule has 0 aromatic rings. The summed E-state index contributed by atoms with van der Waals surface area (Å²) in [6.45, 7) is 18.3. The van der Waals surface area contributed by atoms with E-state index in [-0.39, 0.29) is 5.60 Å². The lowest BCUT2D eigenvalue weighted by Gasteiger charge is -2.41. The first kappa shape index (κ1) is 18.2. The maximum atomic E-state index is 5.86. The molecule has 0 spiro atoms. The topological polar surface area (TPSA) is 15.7 Å². The molecule has 0 bridgehead atoms. The minimum absolute atomic E-state index is 0.00269. The van der Waals surface area contributed by atoms with Crippen molar-refractivity contribution < 1.29 is 4.74 Å². The highest BCUT2D eigenvalue weighted by Gasteiger charge is 2.30. The molecular formula is C19H38N2O. The molecule has 2 rings (SSSR count). The summed E-state index contributed by atoms with van der Waals surface area (Å²) in [5.41, 5.74) is 0.00269. The molecule has 22 heavy (non-hydrogen) atoms. The molecule has 0 N–H and O–H groups in total. The fourth-order valence-electron chi connectivity index (χ4n) is 4.04. The lowest BCUT2D eigenvalue weighted by atomic mass is 9.78. The van der Waals surface area contributed by atoms with Gasteiger partial charge in [-0.1, -0.05) is 0 Å². The highest BCUT2D eigenvalue weighted by Crippen LogP contribution is 2.32. The van der Waals surface area contributed by atoms with Crippen LogP contribution >= 0.6 is 0 Å². The van der Waals surface area contributed by atoms with Gasteiger partial charge in [0, 0.05) is 12.6 Å². The van der Waals surface area contributed by atoms with Crippen LogP contribution in [-0.2, 0) is 4.74 Å². The first-order valence-corrected chi connectivity index (χ1v) is 9.45. The van der Waals surface area contributed by atoms with E-state index < -0.39 is 0 Å². The Balaban J connectivity index is 1.63. The summed E-state index contributed by atoms with van der Waals surface area (Å²) in [5.74, 6) is 1.97. The molecule has 0 radical (unpaired) electrons. The molecular weight excluding hydrogens is 272 g/mol. The predicted octanol–water partition coefficient (Wildman–Crippen LogP) is 3.63. The summed E-state index contributed by atoms with van der Waals surface area (Å²) in [5, 5.41) is 0. The van der Waals surface area contributed by atoms with Gasteiger partial charge in [-0.2, -0.15) is 0 Å². The standard InChI is InChI=1S/C19H38N2O/c1-16(2)21-12-8-18(9-13-21)17-6-10-20(11-7-17)14-15-22-19(3,4)5/h16-18H,6-15H2,1-5H3. The molecule has 0 atom stereocenters. The molecule has 0 aromatic carbocycles. The van der Waals surface area contributed by atoms with Crippen molar-refractivity contribution in [1.82, 2.24) is 9.80 Å². The molecule has 0 saturated carbocycles. The Hall–Kier alpha value is -0.120. The molecule has 3 heteroatoms. The molecule has 2 saturated heterocycles. The number of piperidine rings is 2. The van der Waals surface area contributed by atoms with Crippen LogP contribution in [0.4, 0.5) is 0 Å². The van der Waals surface area contributed by atoms with E-state index in [1.54, 1.807) is 0 Å². The van der Waals surface area contributed by atoms with Crippen molar-refractivity contribution in [2.45, 2.75) is 71.9 Å². The molecule has 130 valence electrons. The summed E-state index contributed by atoms with van der Waals surface area (Å²) in [4.78, 5) is 5.25. The zero-order valence-corrected chi connectivity index (χ0v) is 15.6. The van der Waals surface area contributed by atoms with E-state index in [0.29, 0.717) is 0 Å². The maximum Gasteiger partial charge on any atom is 0.0600 e. The summed E-state index contributed by atoms with van der Waals surface area (Å²) < 4.78 is 5.86. The first-order chi connectivity index (χ1) is 10.3. The Morgan fingerprint density at radius 2 is 1.41 bits per heavy atom. The van der Waals surface area contributed by atoms with E-state index in [4.69, 9.17) is 4.74 Å². The summed E-state index contributed by atoms with van der Waals surface area (Å²) in [7, 11) is 0. The third-order valence-corrected chi connectivity index (χ3v) is 5.55. The summed E-state index contributed by atoms with van der Waals surface area (Å²) in [6.07, 6.45) is 5.66. The van der Waals surface area contributed by atoms with Crippen LogP contribution in [0, 0.1) is 11.8 Å². The quantitative estimate of drug-likeness (QED) is 0.771. The van der Waals surface area contributed by atoms with E-state index in [0.717, 1.165) is 31.0 Å². The fraction of sp³-hybridized carbons (Fsp3) is 1.00. The van der Waals surface area contributed by atoms with Crippen LogP contribution in [0.25, 0.3) is 0 Å². The molecule has 2 fully saturated rings. The molecule has 2 heterocycles. The van der Waals surface area contributed by atoms with E-state index in [2.05, 4.69) is 44.4 Å². The van der Waals surface area contributed by atoms with Crippen LogP contribution in [0.3, 0.4) is 0 Å². The second kappa shape index (κ2) is 8.12. The van der Waals surface area contributed by atoms with Gasteiger partial charge in [-0.3, -0.25) is 0 Å². The molecule has 0 aliphatic carbocycles. The third kappa shape index (κ3) is 5.82. The van der Waals surface area contributed by atoms with Crippen molar-refractivity contribution in [2.24, 2.45) is 11.8 Å². The smallest absolute Gasteiger partial charge is 0.0600 e. The normalized spacial score (nSPS) is 24.3. The third-order valence-electron chi connectivity index (χ3n) is 5.55. The van der Waals surface area contributed by atoms with Crippen LogP contribution in [0.1, 0.15) is 60.3 Å². The Morgan fingerprint density at radius 3 is 1.86 bits per heavy atom. The molecule has 2 aliphatic heterocycles. The van der Waals surface area contributed by atoms with Crippen LogP contribution in [0.2, 0.25) is 0 Å². The first-order valence-electron chi connectivity index (χ1n) is 9.45. The van der Waals surface area contributed by atoms with Crippen molar-refractivity contribution in [3.63, 3.8) is 0 Å². The van der Waals surface area contributed by atoms with Gasteiger partial charge in [0.25, 0.3) is 0 Å². The average molecular weight is 311 g/mol. The second-order valence-electron chi connectivity index (χ2n) is 8.61. The van der Waals surface area contributed by atoms with Crippen LogP contribution in [-0.4, -0.2) is 60.8 Å². The van der Waals surface area contributed by atoms with E-state index in [1.807, 2.05) is 0 Å². The number of nitrogens with zero attached hydrogens (tertiary/aromatic N) is 2. The SMILES string of the molecule is CC(C)N1CCC(C2CCN(CCOC(C)(C)C)CC2)CC1. The van der Waals surface area contributed by atoms with Crippen molar-refractivity contribution in [2.75, 3.05) is 39.3 Å².